The number of hydrogen-bond acceptors (Lipinski definition) is 3. The average molecular weight is 331 g/mol. The van der Waals surface area contributed by atoms with E-state index in [1.54, 1.807) is 0 Å². The van der Waals surface area contributed by atoms with Gasteiger partial charge in [0.1, 0.15) is 6.10 Å². The smallest absolute Gasteiger partial charge is 0.179 e. The maximum absolute atomic E-state index is 9.87. The Hall–Kier alpha value is 0.100. The molecule has 2 fully saturated rings. The standard InChI is InChI=1S/C15H23BrO3/c1-14(2)11-5-4-9-10(8-18-13(9)17)19-15(11,3)7-6-12(14)16/h4,10-13,17H,5-8H2,1-3H3/t10-,11-,12-,13+,15-/m0/s1. The van der Waals surface area contributed by atoms with Gasteiger partial charge in [-0.05, 0) is 37.5 Å². The van der Waals surface area contributed by atoms with Crippen molar-refractivity contribution in [2.75, 3.05) is 6.61 Å². The summed E-state index contributed by atoms with van der Waals surface area (Å²) in [5.41, 5.74) is 0.996. The Bertz CT molecular complexity index is 406. The van der Waals surface area contributed by atoms with E-state index >= 15 is 0 Å². The van der Waals surface area contributed by atoms with Crippen molar-refractivity contribution in [2.24, 2.45) is 11.3 Å². The van der Waals surface area contributed by atoms with Crippen LogP contribution < -0.4 is 0 Å². The molecule has 2 heterocycles. The van der Waals surface area contributed by atoms with Crippen molar-refractivity contribution < 1.29 is 14.6 Å². The molecule has 4 heteroatoms. The number of halogens is 1. The Morgan fingerprint density at radius 3 is 2.84 bits per heavy atom. The molecule has 3 rings (SSSR count). The highest BCUT2D eigenvalue weighted by Gasteiger charge is 2.53. The molecule has 3 nitrogen and oxygen atoms in total. The fourth-order valence-electron chi connectivity index (χ4n) is 4.10. The van der Waals surface area contributed by atoms with Crippen molar-refractivity contribution in [3.05, 3.63) is 11.6 Å². The van der Waals surface area contributed by atoms with Crippen LogP contribution in [0.25, 0.3) is 0 Å². The van der Waals surface area contributed by atoms with Crippen molar-refractivity contribution in [1.29, 1.82) is 0 Å². The molecule has 1 saturated carbocycles. The summed E-state index contributed by atoms with van der Waals surface area (Å²) in [5.74, 6) is 0.462. The predicted molar refractivity (Wildman–Crippen MR) is 77.2 cm³/mol. The van der Waals surface area contributed by atoms with Crippen molar-refractivity contribution in [3.8, 4) is 0 Å². The van der Waals surface area contributed by atoms with Gasteiger partial charge in [-0.3, -0.25) is 0 Å². The van der Waals surface area contributed by atoms with E-state index in [4.69, 9.17) is 9.47 Å². The molecular formula is C15H23BrO3. The van der Waals surface area contributed by atoms with Crippen LogP contribution in [-0.4, -0.2) is 34.5 Å². The second-order valence-electron chi connectivity index (χ2n) is 6.92. The first-order valence-corrected chi connectivity index (χ1v) is 8.07. The van der Waals surface area contributed by atoms with Gasteiger partial charge in [0.2, 0.25) is 0 Å². The lowest BCUT2D eigenvalue weighted by molar-refractivity contribution is -0.152. The van der Waals surface area contributed by atoms with Crippen LogP contribution in [0.2, 0.25) is 0 Å². The lowest BCUT2D eigenvalue weighted by Gasteiger charge is -2.52. The Balaban J connectivity index is 1.95. The molecular weight excluding hydrogens is 308 g/mol. The number of hydrogen-bond donors (Lipinski definition) is 1. The van der Waals surface area contributed by atoms with E-state index in [2.05, 4.69) is 42.8 Å². The quantitative estimate of drug-likeness (QED) is 0.548. The fourth-order valence-corrected chi connectivity index (χ4v) is 4.65. The van der Waals surface area contributed by atoms with Gasteiger partial charge in [-0.25, -0.2) is 0 Å². The Morgan fingerprint density at radius 2 is 2.11 bits per heavy atom. The van der Waals surface area contributed by atoms with Crippen LogP contribution in [0.3, 0.4) is 0 Å². The summed E-state index contributed by atoms with van der Waals surface area (Å²) >= 11 is 3.84. The topological polar surface area (TPSA) is 38.7 Å². The van der Waals surface area contributed by atoms with Crippen molar-refractivity contribution in [2.45, 2.75) is 62.9 Å². The summed E-state index contributed by atoms with van der Waals surface area (Å²) in [6.45, 7) is 7.36. The van der Waals surface area contributed by atoms with Crippen LogP contribution in [0.1, 0.15) is 40.0 Å². The molecule has 1 N–H and O–H groups in total. The first kappa shape index (κ1) is 14.1. The van der Waals surface area contributed by atoms with E-state index < -0.39 is 6.29 Å². The number of allylic oxidation sites excluding steroid dienone is 1. The lowest BCUT2D eigenvalue weighted by atomic mass is 9.60. The summed E-state index contributed by atoms with van der Waals surface area (Å²) in [6.07, 6.45) is 4.48. The number of ether oxygens (including phenoxy) is 2. The Kier molecular flexibility index (Phi) is 3.37. The summed E-state index contributed by atoms with van der Waals surface area (Å²) in [5, 5.41) is 9.87. The van der Waals surface area contributed by atoms with Crippen LogP contribution >= 0.6 is 15.9 Å². The van der Waals surface area contributed by atoms with Crippen LogP contribution in [0.5, 0.6) is 0 Å². The minimum Gasteiger partial charge on any atom is -0.365 e. The molecule has 0 aromatic carbocycles. The monoisotopic (exact) mass is 330 g/mol. The zero-order valence-corrected chi connectivity index (χ0v) is 13.4. The fraction of sp³-hybridized carbons (Fsp3) is 0.867. The first-order chi connectivity index (χ1) is 8.84. The molecule has 3 aliphatic rings. The van der Waals surface area contributed by atoms with Gasteiger partial charge in [0, 0.05) is 10.4 Å². The number of aliphatic hydroxyl groups excluding tert-OH is 1. The molecule has 19 heavy (non-hydrogen) atoms. The van der Waals surface area contributed by atoms with Crippen molar-refractivity contribution in [3.63, 3.8) is 0 Å². The molecule has 0 unspecified atom stereocenters. The van der Waals surface area contributed by atoms with Gasteiger partial charge in [0.15, 0.2) is 6.29 Å². The normalized spacial score (nSPS) is 49.0. The molecule has 0 amide bonds. The van der Waals surface area contributed by atoms with E-state index in [9.17, 15) is 5.11 Å². The van der Waals surface area contributed by atoms with Crippen LogP contribution in [0.4, 0.5) is 0 Å². The van der Waals surface area contributed by atoms with E-state index in [0.29, 0.717) is 17.4 Å². The zero-order chi connectivity index (χ0) is 13.8. The maximum atomic E-state index is 9.87. The van der Waals surface area contributed by atoms with Gasteiger partial charge in [-0.1, -0.05) is 35.9 Å². The third-order valence-electron chi connectivity index (χ3n) is 5.40. The van der Waals surface area contributed by atoms with E-state index in [0.717, 1.165) is 24.8 Å². The molecule has 5 atom stereocenters. The number of aliphatic hydroxyl groups is 1. The number of alkyl halides is 1. The summed E-state index contributed by atoms with van der Waals surface area (Å²) in [7, 11) is 0. The average Bonchev–Trinajstić information content (AvgIpc) is 2.58. The Morgan fingerprint density at radius 1 is 1.37 bits per heavy atom. The predicted octanol–water partition coefficient (Wildman–Crippen LogP) is 3.01. The third-order valence-corrected chi connectivity index (χ3v) is 7.04. The summed E-state index contributed by atoms with van der Waals surface area (Å²) in [6, 6.07) is 0. The molecule has 1 aliphatic carbocycles. The maximum Gasteiger partial charge on any atom is 0.179 e. The lowest BCUT2D eigenvalue weighted by Crippen LogP contribution is -2.53. The van der Waals surface area contributed by atoms with Crippen LogP contribution in [0.15, 0.2) is 11.6 Å². The van der Waals surface area contributed by atoms with Gasteiger partial charge in [-0.15, -0.1) is 0 Å². The molecule has 108 valence electrons. The van der Waals surface area contributed by atoms with E-state index in [1.165, 1.54) is 0 Å². The van der Waals surface area contributed by atoms with E-state index in [1.807, 2.05) is 0 Å². The minimum absolute atomic E-state index is 0.0623. The molecule has 0 aromatic rings. The highest BCUT2D eigenvalue weighted by Crippen LogP contribution is 2.54. The van der Waals surface area contributed by atoms with Gasteiger partial charge < -0.3 is 14.6 Å². The second kappa shape index (κ2) is 4.55. The van der Waals surface area contributed by atoms with Crippen molar-refractivity contribution in [1.82, 2.24) is 0 Å². The molecule has 0 radical (unpaired) electrons. The highest BCUT2D eigenvalue weighted by molar-refractivity contribution is 9.09. The van der Waals surface area contributed by atoms with Gasteiger partial charge >= 0.3 is 0 Å². The van der Waals surface area contributed by atoms with E-state index in [-0.39, 0.29) is 17.1 Å². The van der Waals surface area contributed by atoms with Crippen molar-refractivity contribution >= 4 is 15.9 Å². The molecule has 1 saturated heterocycles. The van der Waals surface area contributed by atoms with Crippen LogP contribution in [-0.2, 0) is 9.47 Å². The summed E-state index contributed by atoms with van der Waals surface area (Å²) in [4.78, 5) is 0.527. The molecule has 2 aliphatic heterocycles. The molecule has 0 bridgehead atoms. The third kappa shape index (κ3) is 2.11. The molecule has 0 spiro atoms. The van der Waals surface area contributed by atoms with Gasteiger partial charge in [0.25, 0.3) is 0 Å². The van der Waals surface area contributed by atoms with Crippen LogP contribution in [0, 0.1) is 11.3 Å². The van der Waals surface area contributed by atoms with Gasteiger partial charge in [0.05, 0.1) is 12.2 Å². The molecule has 0 aromatic heterocycles. The summed E-state index contributed by atoms with van der Waals surface area (Å²) < 4.78 is 11.7. The largest absolute Gasteiger partial charge is 0.365 e. The number of rotatable bonds is 0. The Labute approximate surface area is 123 Å². The number of fused-ring (bicyclic) bond motifs is 2. The zero-order valence-electron chi connectivity index (χ0n) is 11.9. The second-order valence-corrected chi connectivity index (χ2v) is 8.03. The van der Waals surface area contributed by atoms with Gasteiger partial charge in [-0.2, -0.15) is 0 Å². The minimum atomic E-state index is -0.767. The highest BCUT2D eigenvalue weighted by atomic mass is 79.9. The SMILES string of the molecule is CC1(C)[C@@H](Br)CC[C@]2(C)O[C@H]3CO[C@@H](O)C3=CC[C@@H]12. The first-order valence-electron chi connectivity index (χ1n) is 7.16.